The van der Waals surface area contributed by atoms with E-state index < -0.39 is 11.0 Å². The first-order valence-electron chi connectivity index (χ1n) is 4.72. The van der Waals surface area contributed by atoms with E-state index in [2.05, 4.69) is 0 Å². The van der Waals surface area contributed by atoms with Crippen molar-refractivity contribution in [2.75, 3.05) is 0 Å². The molecule has 1 rings (SSSR count). The highest BCUT2D eigenvalue weighted by Gasteiger charge is 2.09. The van der Waals surface area contributed by atoms with Gasteiger partial charge in [0.15, 0.2) is 0 Å². The van der Waals surface area contributed by atoms with Crippen LogP contribution >= 0.6 is 11.6 Å². The lowest BCUT2D eigenvalue weighted by atomic mass is 10.1. The van der Waals surface area contributed by atoms with Gasteiger partial charge >= 0.3 is 0 Å². The van der Waals surface area contributed by atoms with E-state index in [0.717, 1.165) is 0 Å². The summed E-state index contributed by atoms with van der Waals surface area (Å²) in [6.45, 7) is 3.36. The average Bonchev–Trinajstić information content (AvgIpc) is 2.20. The number of halogens is 1. The number of hydrogen-bond acceptors (Lipinski definition) is 3. The molecular formula is C11H12ClNO3. The minimum atomic E-state index is -0.602. The highest BCUT2D eigenvalue weighted by molar-refractivity contribution is 6.32. The molecule has 0 bridgehead atoms. The summed E-state index contributed by atoms with van der Waals surface area (Å²) < 4.78 is 0. The maximum Gasteiger partial charge on any atom is 0.270 e. The summed E-state index contributed by atoms with van der Waals surface area (Å²) in [5.74, 6) is 0. The summed E-state index contributed by atoms with van der Waals surface area (Å²) in [7, 11) is 0. The number of aliphatic hydroxyl groups is 1. The van der Waals surface area contributed by atoms with Gasteiger partial charge in [-0.15, -0.1) is 0 Å². The van der Waals surface area contributed by atoms with Crippen molar-refractivity contribution in [1.29, 1.82) is 0 Å². The molecule has 0 radical (unpaired) electrons. The van der Waals surface area contributed by atoms with Crippen molar-refractivity contribution in [1.82, 2.24) is 0 Å². The monoisotopic (exact) mass is 241 g/mol. The van der Waals surface area contributed by atoms with E-state index >= 15 is 0 Å². The second-order valence-electron chi connectivity index (χ2n) is 3.53. The Labute approximate surface area is 98.3 Å². The van der Waals surface area contributed by atoms with Gasteiger partial charge in [-0.3, -0.25) is 10.1 Å². The SMILES string of the molecule is C/C(=C\c1cc([N+](=O)[O-])ccc1Cl)C(C)O. The molecule has 1 aromatic rings. The van der Waals surface area contributed by atoms with Crippen molar-refractivity contribution in [2.24, 2.45) is 0 Å². The smallest absolute Gasteiger partial charge is 0.270 e. The topological polar surface area (TPSA) is 63.4 Å². The predicted molar refractivity (Wildman–Crippen MR) is 63.4 cm³/mol. The maximum atomic E-state index is 10.6. The van der Waals surface area contributed by atoms with E-state index in [9.17, 15) is 15.2 Å². The third kappa shape index (κ3) is 3.05. The molecule has 0 aliphatic carbocycles. The Bertz CT molecular complexity index is 441. The summed E-state index contributed by atoms with van der Waals surface area (Å²) in [6, 6.07) is 4.20. The molecule has 16 heavy (non-hydrogen) atoms. The van der Waals surface area contributed by atoms with Gasteiger partial charge in [-0.05, 0) is 31.1 Å². The zero-order chi connectivity index (χ0) is 12.3. The van der Waals surface area contributed by atoms with E-state index in [1.807, 2.05) is 0 Å². The van der Waals surface area contributed by atoms with Gasteiger partial charge < -0.3 is 5.11 Å². The quantitative estimate of drug-likeness (QED) is 0.654. The van der Waals surface area contributed by atoms with E-state index in [1.54, 1.807) is 19.9 Å². The van der Waals surface area contributed by atoms with Gasteiger partial charge in [0, 0.05) is 17.2 Å². The zero-order valence-electron chi connectivity index (χ0n) is 8.98. The number of non-ortho nitro benzene ring substituents is 1. The molecule has 0 fully saturated rings. The second-order valence-corrected chi connectivity index (χ2v) is 3.93. The van der Waals surface area contributed by atoms with Crippen molar-refractivity contribution in [2.45, 2.75) is 20.0 Å². The first-order chi connectivity index (χ1) is 7.41. The van der Waals surface area contributed by atoms with Crippen molar-refractivity contribution in [3.8, 4) is 0 Å². The molecule has 0 aromatic heterocycles. The normalized spacial score (nSPS) is 13.6. The highest BCUT2D eigenvalue weighted by atomic mass is 35.5. The van der Waals surface area contributed by atoms with E-state index in [-0.39, 0.29) is 5.69 Å². The third-order valence-electron chi connectivity index (χ3n) is 2.23. The first kappa shape index (κ1) is 12.7. The standard InChI is InChI=1S/C11H12ClNO3/c1-7(8(2)14)5-9-6-10(13(15)16)3-4-11(9)12/h3-6,8,14H,1-2H3/b7-5+. The van der Waals surface area contributed by atoms with E-state index in [1.165, 1.54) is 18.2 Å². The summed E-state index contributed by atoms with van der Waals surface area (Å²) in [5.41, 5.74) is 1.21. The fourth-order valence-electron chi connectivity index (χ4n) is 1.12. The molecule has 0 aliphatic rings. The third-order valence-corrected chi connectivity index (χ3v) is 2.58. The molecule has 0 saturated heterocycles. The summed E-state index contributed by atoms with van der Waals surface area (Å²) in [6.07, 6.45) is 1.04. The minimum Gasteiger partial charge on any atom is -0.389 e. The molecule has 1 unspecified atom stereocenters. The van der Waals surface area contributed by atoms with Crippen molar-refractivity contribution >= 4 is 23.4 Å². The maximum absolute atomic E-state index is 10.6. The lowest BCUT2D eigenvalue weighted by Gasteiger charge is -2.05. The molecule has 1 atom stereocenters. The molecular weight excluding hydrogens is 230 g/mol. The Morgan fingerprint density at radius 2 is 2.25 bits per heavy atom. The molecule has 0 saturated carbocycles. The van der Waals surface area contributed by atoms with Crippen molar-refractivity contribution in [3.05, 3.63) is 44.5 Å². The average molecular weight is 242 g/mol. The van der Waals surface area contributed by atoms with Crippen LogP contribution in [0, 0.1) is 10.1 Å². The first-order valence-corrected chi connectivity index (χ1v) is 5.10. The van der Waals surface area contributed by atoms with Crippen LogP contribution in [0.3, 0.4) is 0 Å². The Kier molecular flexibility index (Phi) is 4.04. The molecule has 5 heteroatoms. The van der Waals surface area contributed by atoms with Crippen LogP contribution < -0.4 is 0 Å². The molecule has 1 N–H and O–H groups in total. The summed E-state index contributed by atoms with van der Waals surface area (Å²) in [4.78, 5) is 10.1. The number of nitro benzene ring substituents is 1. The van der Waals surface area contributed by atoms with E-state index in [4.69, 9.17) is 11.6 Å². The number of nitro groups is 1. The van der Waals surface area contributed by atoms with Crippen LogP contribution in [0.4, 0.5) is 5.69 Å². The van der Waals surface area contributed by atoms with Crippen LogP contribution in [-0.2, 0) is 0 Å². The molecule has 86 valence electrons. The van der Waals surface area contributed by atoms with E-state index in [0.29, 0.717) is 16.2 Å². The molecule has 4 nitrogen and oxygen atoms in total. The van der Waals surface area contributed by atoms with Gasteiger partial charge in [0.2, 0.25) is 0 Å². The van der Waals surface area contributed by atoms with Gasteiger partial charge in [0.1, 0.15) is 0 Å². The number of aliphatic hydroxyl groups excluding tert-OH is 1. The van der Waals surface area contributed by atoms with Crippen molar-refractivity contribution in [3.63, 3.8) is 0 Å². The Morgan fingerprint density at radius 1 is 1.62 bits per heavy atom. The highest BCUT2D eigenvalue weighted by Crippen LogP contribution is 2.24. The molecule has 0 heterocycles. The van der Waals surface area contributed by atoms with Crippen LogP contribution in [0.5, 0.6) is 0 Å². The van der Waals surface area contributed by atoms with Gasteiger partial charge in [0.05, 0.1) is 11.0 Å². The number of nitrogens with zero attached hydrogens (tertiary/aromatic N) is 1. The Morgan fingerprint density at radius 3 is 2.75 bits per heavy atom. The zero-order valence-corrected chi connectivity index (χ0v) is 9.73. The summed E-state index contributed by atoms with van der Waals surface area (Å²) >= 11 is 5.90. The van der Waals surface area contributed by atoms with Crippen LogP contribution in [-0.4, -0.2) is 16.1 Å². The minimum absolute atomic E-state index is 0.0194. The number of benzene rings is 1. The van der Waals surface area contributed by atoms with Crippen LogP contribution in [0.1, 0.15) is 19.4 Å². The van der Waals surface area contributed by atoms with Gasteiger partial charge in [-0.1, -0.05) is 17.7 Å². The molecule has 0 aliphatic heterocycles. The summed E-state index contributed by atoms with van der Waals surface area (Å²) in [5, 5.41) is 20.3. The molecule has 0 amide bonds. The Balaban J connectivity index is 3.18. The lowest BCUT2D eigenvalue weighted by Crippen LogP contribution is -2.00. The second kappa shape index (κ2) is 5.09. The van der Waals surface area contributed by atoms with Crippen LogP contribution in [0.2, 0.25) is 5.02 Å². The lowest BCUT2D eigenvalue weighted by molar-refractivity contribution is -0.384. The van der Waals surface area contributed by atoms with Gasteiger partial charge in [-0.25, -0.2) is 0 Å². The molecule has 0 spiro atoms. The number of hydrogen-bond donors (Lipinski definition) is 1. The largest absolute Gasteiger partial charge is 0.389 e. The number of rotatable bonds is 3. The predicted octanol–water partition coefficient (Wildman–Crippen LogP) is 3.03. The fraction of sp³-hybridized carbons (Fsp3) is 0.273. The molecule has 1 aromatic carbocycles. The Hall–Kier alpha value is -1.39. The fourth-order valence-corrected chi connectivity index (χ4v) is 1.29. The van der Waals surface area contributed by atoms with Gasteiger partial charge in [0.25, 0.3) is 5.69 Å². The van der Waals surface area contributed by atoms with Crippen LogP contribution in [0.25, 0.3) is 6.08 Å². The van der Waals surface area contributed by atoms with Crippen LogP contribution in [0.15, 0.2) is 23.8 Å². The van der Waals surface area contributed by atoms with Gasteiger partial charge in [-0.2, -0.15) is 0 Å². The van der Waals surface area contributed by atoms with Crippen molar-refractivity contribution < 1.29 is 10.0 Å².